The van der Waals surface area contributed by atoms with Gasteiger partial charge in [0.15, 0.2) is 21.2 Å². The molecule has 3 aliphatic rings. The molecule has 742 valence electrons. The zero-order chi connectivity index (χ0) is 101. The van der Waals surface area contributed by atoms with Crippen LogP contribution in [0, 0.1) is 3.70 Å². The van der Waals surface area contributed by atoms with Gasteiger partial charge in [0.05, 0.1) is 67.3 Å². The summed E-state index contributed by atoms with van der Waals surface area (Å²) >= 11 is 55.5. The highest BCUT2D eigenvalue weighted by Crippen LogP contribution is 2.41. The highest BCUT2D eigenvalue weighted by molar-refractivity contribution is 14.1. The lowest BCUT2D eigenvalue weighted by molar-refractivity contribution is 0.0433. The second kappa shape index (κ2) is 55.1. The third-order valence-corrected chi connectivity index (χ3v) is 25.9. The van der Waals surface area contributed by atoms with E-state index < -0.39 is 17.3 Å². The molecule has 0 unspecified atom stereocenters. The maximum absolute atomic E-state index is 12.4. The third-order valence-electron chi connectivity index (χ3n) is 20.6. The summed E-state index contributed by atoms with van der Waals surface area (Å²) < 4.78 is 37.6. The number of benzene rings is 7. The molecule has 0 aliphatic carbocycles. The van der Waals surface area contributed by atoms with Crippen LogP contribution in [0.2, 0.25) is 30.1 Å². The lowest BCUT2D eigenvalue weighted by atomic mass is 9.90. The van der Waals surface area contributed by atoms with Crippen LogP contribution in [0.3, 0.4) is 0 Å². The number of alkyl carbamates (subject to hydrolysis) is 2. The van der Waals surface area contributed by atoms with Gasteiger partial charge in [-0.25, -0.2) is 59.4 Å². The number of aromatic nitrogens is 12. The van der Waals surface area contributed by atoms with Crippen molar-refractivity contribution in [1.29, 1.82) is 0 Å². The summed E-state index contributed by atoms with van der Waals surface area (Å²) in [5.41, 5.74) is 22.7. The SMILES string of the molecule is Brc1cnc(I)c(OCc2ccccc2)n1.CC1(N)CCN(c2cnc(-c3cccc(Cl)c3Cl)c(=O)[nH]2)CC1.CC1(NC(=O)OC(C)(C)C)CCN(c2cnc(-c3cccc(Cl)c3Cl)c(OCc3ccccc3)n2)CC1.CC1(NC(=O)OC(C)(C)C)CCNCC1.Cl.Clc1cccc(-c2ncc(Br)nc2OCc2ccccc2)c1Cl.Nc1ncc(Br)nc1Br.Nc1ncc(Br)nc1OCc1ccccc1. The number of anilines is 4. The molecule has 3 aliphatic heterocycles. The summed E-state index contributed by atoms with van der Waals surface area (Å²) in [6.07, 6.45) is 14.1. The molecule has 0 saturated carbocycles. The van der Waals surface area contributed by atoms with Crippen molar-refractivity contribution in [1.82, 2.24) is 75.8 Å². The van der Waals surface area contributed by atoms with Crippen LogP contribution in [0.4, 0.5) is 32.9 Å². The van der Waals surface area contributed by atoms with Crippen LogP contribution < -0.4 is 67.5 Å². The Hall–Kier alpha value is -9.16. The highest BCUT2D eigenvalue weighted by Gasteiger charge is 2.36. The van der Waals surface area contributed by atoms with Crippen LogP contribution in [0.5, 0.6) is 23.5 Å². The monoisotopic (exact) mass is 2470 g/mol. The second-order valence-electron chi connectivity index (χ2n) is 34.4. The number of aromatic amines is 1. The van der Waals surface area contributed by atoms with Crippen molar-refractivity contribution in [2.75, 3.05) is 60.5 Å². The maximum atomic E-state index is 12.4. The number of nitrogens with zero attached hydrogens (tertiary/aromatic N) is 13. The largest absolute Gasteiger partial charge is 0.471 e. The molecule has 13 aromatic rings. The third kappa shape index (κ3) is 37.5. The lowest BCUT2D eigenvalue weighted by Gasteiger charge is -2.40. The number of hydrogen-bond donors (Lipinski definition) is 7. The van der Waals surface area contributed by atoms with Crippen molar-refractivity contribution in [2.45, 2.75) is 155 Å². The van der Waals surface area contributed by atoms with E-state index >= 15 is 0 Å². The second-order valence-corrected chi connectivity index (χ2v) is 41.7. The summed E-state index contributed by atoms with van der Waals surface area (Å²) in [5.74, 6) is 3.77. The molecule has 42 heteroatoms. The minimum Gasteiger partial charge on any atom is -0.471 e. The molecule has 10 N–H and O–H groups in total. The predicted molar refractivity (Wildman–Crippen MR) is 585 cm³/mol. The van der Waals surface area contributed by atoms with Crippen molar-refractivity contribution >= 4 is 220 Å². The van der Waals surface area contributed by atoms with Crippen LogP contribution in [-0.4, -0.2) is 139 Å². The van der Waals surface area contributed by atoms with E-state index in [9.17, 15) is 14.4 Å². The summed E-state index contributed by atoms with van der Waals surface area (Å²) in [6.45, 7) is 23.9. The number of halogens is 13. The Bertz CT molecular complexity index is 6180. The molecule has 3 fully saturated rings. The van der Waals surface area contributed by atoms with Gasteiger partial charge in [0.1, 0.15) is 83.5 Å². The number of nitrogens with two attached hydrogens (primary N) is 3. The average Bonchev–Trinajstić information content (AvgIpc) is 0.660. The molecule has 3 saturated heterocycles. The number of piperidine rings is 3. The first kappa shape index (κ1) is 114. The molecule has 140 heavy (non-hydrogen) atoms. The van der Waals surface area contributed by atoms with Gasteiger partial charge in [-0.2, -0.15) is 4.98 Å². The van der Waals surface area contributed by atoms with Gasteiger partial charge in [0, 0.05) is 59.5 Å². The van der Waals surface area contributed by atoms with Gasteiger partial charge in [0.25, 0.3) is 11.4 Å². The molecule has 29 nitrogen and oxygen atoms in total. The number of nitrogens with one attached hydrogen (secondary N) is 4. The van der Waals surface area contributed by atoms with Crippen molar-refractivity contribution in [3.63, 3.8) is 0 Å². The molecule has 16 rings (SSSR count). The fourth-order valence-corrected chi connectivity index (χ4v) is 16.4. The molecule has 0 bridgehead atoms. The maximum Gasteiger partial charge on any atom is 0.408 e. The van der Waals surface area contributed by atoms with Gasteiger partial charge in [-0.05, 0) is 257 Å². The van der Waals surface area contributed by atoms with Gasteiger partial charge >= 0.3 is 12.2 Å². The number of carbonyl (C=O) groups is 2. The fraction of sp³-hybridized carbons (Fsp3) is 0.306. The first-order valence-corrected chi connectivity index (χ1v) is 50.8. The van der Waals surface area contributed by atoms with Gasteiger partial charge in [-0.1, -0.05) is 227 Å². The molecule has 0 radical (unpaired) electrons. The smallest absolute Gasteiger partial charge is 0.408 e. The number of ether oxygens (including phenoxy) is 6. The first-order valence-electron chi connectivity index (χ1n) is 43.5. The van der Waals surface area contributed by atoms with E-state index in [0.29, 0.717) is 168 Å². The van der Waals surface area contributed by atoms with E-state index in [2.05, 4.69) is 192 Å². The van der Waals surface area contributed by atoms with Crippen LogP contribution in [0.25, 0.3) is 33.8 Å². The van der Waals surface area contributed by atoms with E-state index in [1.165, 1.54) is 6.20 Å². The van der Waals surface area contributed by atoms with Crippen molar-refractivity contribution in [3.8, 4) is 57.3 Å². The molecule has 0 spiro atoms. The number of H-pyrrole nitrogens is 1. The van der Waals surface area contributed by atoms with E-state index in [0.717, 1.165) is 90.7 Å². The molecule has 0 atom stereocenters. The zero-order valence-corrected chi connectivity index (χ0v) is 93.1. The molecule has 7 aromatic carbocycles. The van der Waals surface area contributed by atoms with E-state index in [-0.39, 0.29) is 46.4 Å². The van der Waals surface area contributed by atoms with E-state index in [1.807, 2.05) is 194 Å². The Labute approximate surface area is 905 Å². The number of hydrogen-bond acceptors (Lipinski definition) is 26. The van der Waals surface area contributed by atoms with Crippen LogP contribution in [0.1, 0.15) is 123 Å². The molecule has 9 heterocycles. The van der Waals surface area contributed by atoms with Gasteiger partial charge < -0.3 is 76.4 Å². The zero-order valence-electron chi connectivity index (χ0n) is 77.7. The summed E-state index contributed by atoms with van der Waals surface area (Å²) in [4.78, 5) is 90.1. The minimum absolute atomic E-state index is 0. The molecular weight excluding hydrogens is 2380 g/mol. The van der Waals surface area contributed by atoms with E-state index in [1.54, 1.807) is 61.3 Å². The number of carbonyl (C=O) groups excluding carboxylic acids is 2. The predicted octanol–water partition coefficient (Wildman–Crippen LogP) is 25.2. The standard InChI is InChI=1S/C28H32Cl2N4O3.C17H11BrCl2N2O.C16H18Cl2N4O.C11H8BrIN2O.C11H10BrN3O.C11H22N2O2.C4H3Br2N3.ClH/c1-27(2,3)37-26(35)33-28(4)13-15-34(16-14-28)22-17-31-24(20-11-8-12-21(29)23(20)30)25(32-22)36-18-19-9-6-5-7-10-19;18-14-9-21-16(12-7-4-8-13(19)15(12)20)17(22-14)23-10-11-5-2-1-3-6-11;1-16(19)5-7-22(8-6-16)12-9-20-14(15(23)21-12)10-3-2-4-11(17)13(10)18;2*12-9-6-14-10(13)11(15-9)16-7-8-4-2-1-3-5-8;1-10(2,3)15-9(14)13-11(4)5-7-12-8-6-11;5-2-1-8-4(7)3(6)9-2;/h5-12,17H,13-16,18H2,1-4H3,(H,33,35);1-9H,10H2;2-4,9H,5-8,19H2,1H3,(H,21,23);1-6H,7H2;1-6H,7H2,(H2,13,14);12H,5-8H2,1-4H3,(H,13,14);1H,(H2,7,8);1H. The Morgan fingerprint density at radius 1 is 0.429 bits per heavy atom. The molecule has 6 aromatic heterocycles. The quantitative estimate of drug-likeness (QED) is 0.0370. The van der Waals surface area contributed by atoms with Crippen molar-refractivity contribution in [2.24, 2.45) is 5.73 Å². The van der Waals surface area contributed by atoms with Crippen LogP contribution >= 0.6 is 184 Å². The lowest BCUT2D eigenvalue weighted by Crippen LogP contribution is -2.54. The summed E-state index contributed by atoms with van der Waals surface area (Å²) in [7, 11) is 0. The number of rotatable bonds is 19. The fourth-order valence-electron chi connectivity index (χ4n) is 13.2. The Morgan fingerprint density at radius 2 is 0.779 bits per heavy atom. The Morgan fingerprint density at radius 3 is 1.20 bits per heavy atom. The highest BCUT2D eigenvalue weighted by atomic mass is 127. The Kier molecular flexibility index (Phi) is 45.0. The topological polar surface area (TPSA) is 385 Å². The van der Waals surface area contributed by atoms with Crippen LogP contribution in [0.15, 0.2) is 241 Å². The van der Waals surface area contributed by atoms with Gasteiger partial charge in [0.2, 0.25) is 17.6 Å². The van der Waals surface area contributed by atoms with Crippen molar-refractivity contribution < 1.29 is 38.0 Å². The Balaban J connectivity index is 0.000000189. The average molecular weight is 2480 g/mol. The first-order chi connectivity index (χ1) is 66.1. The van der Waals surface area contributed by atoms with Crippen LogP contribution in [-0.2, 0) is 35.9 Å². The number of nitrogen functional groups attached to an aromatic ring is 2. The summed E-state index contributed by atoms with van der Waals surface area (Å²) in [5, 5.41) is 11.7. The molecule has 2 amide bonds. The summed E-state index contributed by atoms with van der Waals surface area (Å²) in [6, 6.07) is 55.4. The number of amides is 2. The van der Waals surface area contributed by atoms with Gasteiger partial charge in [-0.15, -0.1) is 12.4 Å². The minimum atomic E-state index is -0.541. The normalized spacial score (nSPS) is 13.8. The van der Waals surface area contributed by atoms with Crippen molar-refractivity contribution in [3.05, 3.63) is 303 Å². The van der Waals surface area contributed by atoms with Gasteiger partial charge in [-0.3, -0.25) is 4.79 Å². The van der Waals surface area contributed by atoms with E-state index in [4.69, 9.17) is 125 Å². The molecular formula is C98H105Br5Cl7IN20O9.